The van der Waals surface area contributed by atoms with Crippen molar-refractivity contribution in [2.24, 2.45) is 5.92 Å². The first-order valence-corrected chi connectivity index (χ1v) is 18.3. The quantitative estimate of drug-likeness (QED) is 0.0338. The second-order valence-corrected chi connectivity index (χ2v) is 12.4. The molecule has 0 saturated heterocycles. The maximum absolute atomic E-state index is 12.1. The molecule has 0 amide bonds. The number of carbonyl (C=O) groups excluding carboxylic acids is 2. The number of aliphatic hydroxyl groups is 2. The average Bonchev–Trinajstić information content (AvgIpc) is 3.05. The molecular formula is C40H68O6. The van der Waals surface area contributed by atoms with Gasteiger partial charge in [0.15, 0.2) is 6.10 Å². The summed E-state index contributed by atoms with van der Waals surface area (Å²) in [5.41, 5.74) is 0. The zero-order valence-corrected chi connectivity index (χ0v) is 29.6. The first-order valence-electron chi connectivity index (χ1n) is 18.3. The van der Waals surface area contributed by atoms with Gasteiger partial charge in [0.05, 0.1) is 12.7 Å². The predicted molar refractivity (Wildman–Crippen MR) is 192 cm³/mol. The van der Waals surface area contributed by atoms with E-state index in [1.54, 1.807) is 6.08 Å². The average molecular weight is 645 g/mol. The third-order valence-corrected chi connectivity index (χ3v) is 7.97. The lowest BCUT2D eigenvalue weighted by atomic mass is 9.99. The Morgan fingerprint density at radius 1 is 0.652 bits per heavy atom. The number of allylic oxidation sites excluding steroid dienone is 9. The lowest BCUT2D eigenvalue weighted by Gasteiger charge is -2.16. The van der Waals surface area contributed by atoms with Crippen LogP contribution in [0.1, 0.15) is 149 Å². The molecule has 0 heterocycles. The highest BCUT2D eigenvalue weighted by Gasteiger charge is 2.16. The molecule has 6 nitrogen and oxygen atoms in total. The van der Waals surface area contributed by atoms with E-state index in [9.17, 15) is 19.8 Å². The summed E-state index contributed by atoms with van der Waals surface area (Å²) in [7, 11) is 0. The van der Waals surface area contributed by atoms with Crippen molar-refractivity contribution in [2.75, 3.05) is 13.2 Å². The van der Waals surface area contributed by atoms with Gasteiger partial charge in [-0.2, -0.15) is 0 Å². The highest BCUT2D eigenvalue weighted by atomic mass is 16.6. The number of ether oxygens (including phenoxy) is 2. The first-order chi connectivity index (χ1) is 22.4. The molecule has 0 aliphatic rings. The molecule has 46 heavy (non-hydrogen) atoms. The molecule has 0 radical (unpaired) electrons. The van der Waals surface area contributed by atoms with Crippen molar-refractivity contribution in [2.45, 2.75) is 161 Å². The molecule has 0 rings (SSSR count). The van der Waals surface area contributed by atoms with Crippen molar-refractivity contribution in [3.63, 3.8) is 0 Å². The Morgan fingerprint density at radius 3 is 1.78 bits per heavy atom. The van der Waals surface area contributed by atoms with Gasteiger partial charge in [-0.05, 0) is 50.9 Å². The molecule has 0 aliphatic carbocycles. The van der Waals surface area contributed by atoms with Crippen LogP contribution in [0.15, 0.2) is 60.8 Å². The fourth-order valence-corrected chi connectivity index (χ4v) is 4.79. The molecule has 3 atom stereocenters. The minimum atomic E-state index is -0.846. The molecule has 0 saturated carbocycles. The third-order valence-electron chi connectivity index (χ3n) is 7.97. The van der Waals surface area contributed by atoms with Crippen molar-refractivity contribution in [3.05, 3.63) is 60.8 Å². The number of carbonyl (C=O) groups is 2. The monoisotopic (exact) mass is 645 g/mol. The maximum Gasteiger partial charge on any atom is 0.306 e. The van der Waals surface area contributed by atoms with E-state index in [0.29, 0.717) is 19.3 Å². The van der Waals surface area contributed by atoms with Crippen LogP contribution >= 0.6 is 0 Å². The fourth-order valence-electron chi connectivity index (χ4n) is 4.79. The van der Waals surface area contributed by atoms with E-state index in [-0.39, 0.29) is 19.0 Å². The van der Waals surface area contributed by atoms with Gasteiger partial charge in [0.1, 0.15) is 6.61 Å². The second-order valence-electron chi connectivity index (χ2n) is 12.4. The van der Waals surface area contributed by atoms with E-state index in [4.69, 9.17) is 9.47 Å². The van der Waals surface area contributed by atoms with Crippen molar-refractivity contribution in [3.8, 4) is 0 Å². The first kappa shape index (κ1) is 43.6. The Morgan fingerprint density at radius 2 is 1.20 bits per heavy atom. The Labute approximate surface area is 282 Å². The van der Waals surface area contributed by atoms with Crippen LogP contribution in [0.2, 0.25) is 0 Å². The summed E-state index contributed by atoms with van der Waals surface area (Å²) in [5.74, 6) is 0.0639. The number of unbranched alkanes of at least 4 members (excludes halogenated alkanes) is 9. The Bertz CT molecular complexity index is 856. The number of aliphatic hydroxyl groups excluding tert-OH is 2. The largest absolute Gasteiger partial charge is 0.462 e. The van der Waals surface area contributed by atoms with Crippen LogP contribution < -0.4 is 0 Å². The van der Waals surface area contributed by atoms with Crippen LogP contribution in [0, 0.1) is 5.92 Å². The molecule has 0 spiro atoms. The van der Waals surface area contributed by atoms with Crippen LogP contribution in [-0.2, 0) is 19.1 Å². The standard InChI is InChI=1S/C40H68O6/c1-4-6-7-8-9-10-11-12-13-17-20-23-26-30-37(42)31-28-33-39(43)45-35-38(34-41)46-40(44)32-27-24-21-18-15-14-16-19-22-25-29-36(3)5-2/h6-7,9-10,12-13,20,23,26,30,36-38,41-42H,4-5,8,11,14-19,21-22,24-25,27-29,31-35H2,1-3H3/b7-6-,10-9-,13-12-,23-20-,30-26+/t36?,37?,38-/m0/s1. The zero-order valence-electron chi connectivity index (χ0n) is 29.6. The summed E-state index contributed by atoms with van der Waals surface area (Å²) in [6.45, 7) is 6.19. The van der Waals surface area contributed by atoms with E-state index in [0.717, 1.165) is 50.9 Å². The molecule has 6 heteroatoms. The highest BCUT2D eigenvalue weighted by Crippen LogP contribution is 2.15. The van der Waals surface area contributed by atoms with Gasteiger partial charge < -0.3 is 19.7 Å². The normalized spacial score (nSPS) is 14.3. The van der Waals surface area contributed by atoms with E-state index in [1.165, 1.54) is 57.8 Å². The molecule has 0 aliphatic heterocycles. The summed E-state index contributed by atoms with van der Waals surface area (Å²) in [6, 6.07) is 0. The van der Waals surface area contributed by atoms with E-state index in [1.807, 2.05) is 18.2 Å². The Hall–Kier alpha value is -2.44. The molecule has 2 N–H and O–H groups in total. The highest BCUT2D eigenvalue weighted by molar-refractivity contribution is 5.70. The lowest BCUT2D eigenvalue weighted by Crippen LogP contribution is -2.28. The van der Waals surface area contributed by atoms with Gasteiger partial charge in [-0.25, -0.2) is 0 Å². The third kappa shape index (κ3) is 31.5. The van der Waals surface area contributed by atoms with Crippen molar-refractivity contribution in [1.82, 2.24) is 0 Å². The van der Waals surface area contributed by atoms with Crippen LogP contribution in [0.3, 0.4) is 0 Å². The number of esters is 2. The van der Waals surface area contributed by atoms with Crippen LogP contribution in [0.5, 0.6) is 0 Å². The van der Waals surface area contributed by atoms with Gasteiger partial charge >= 0.3 is 11.9 Å². The lowest BCUT2D eigenvalue weighted by molar-refractivity contribution is -0.161. The van der Waals surface area contributed by atoms with Crippen molar-refractivity contribution in [1.29, 1.82) is 0 Å². The minimum absolute atomic E-state index is 0.152. The second kappa shape index (κ2) is 33.9. The smallest absolute Gasteiger partial charge is 0.306 e. The molecule has 264 valence electrons. The maximum atomic E-state index is 12.1. The van der Waals surface area contributed by atoms with E-state index in [2.05, 4.69) is 57.2 Å². The number of hydrogen-bond acceptors (Lipinski definition) is 6. The Kier molecular flexibility index (Phi) is 32.1. The summed E-state index contributed by atoms with van der Waals surface area (Å²) in [6.07, 6.45) is 38.8. The molecule has 2 unspecified atom stereocenters. The molecular weight excluding hydrogens is 576 g/mol. The molecule has 0 aromatic carbocycles. The van der Waals surface area contributed by atoms with Crippen molar-refractivity contribution >= 4 is 11.9 Å². The van der Waals surface area contributed by atoms with Crippen LogP contribution in [0.4, 0.5) is 0 Å². The van der Waals surface area contributed by atoms with E-state index < -0.39 is 24.8 Å². The topological polar surface area (TPSA) is 93.1 Å². The fraction of sp³-hybridized carbons (Fsp3) is 0.700. The molecule has 0 aromatic heterocycles. The summed E-state index contributed by atoms with van der Waals surface area (Å²) >= 11 is 0. The number of rotatable bonds is 31. The SMILES string of the molecule is CC/C=C\C/C=C\C/C=C\C/C=C\C=C\C(O)CCCC(=O)OC[C@H](CO)OC(=O)CCCCCCCCCCCCC(C)CC. The van der Waals surface area contributed by atoms with Crippen molar-refractivity contribution < 1.29 is 29.3 Å². The summed E-state index contributed by atoms with van der Waals surface area (Å²) in [4.78, 5) is 24.2. The molecule has 0 bridgehead atoms. The van der Waals surface area contributed by atoms with Gasteiger partial charge in [-0.1, -0.05) is 152 Å². The van der Waals surface area contributed by atoms with Crippen LogP contribution in [-0.4, -0.2) is 47.6 Å². The van der Waals surface area contributed by atoms with Gasteiger partial charge in [0, 0.05) is 12.8 Å². The zero-order chi connectivity index (χ0) is 33.9. The summed E-state index contributed by atoms with van der Waals surface area (Å²) < 4.78 is 10.5. The minimum Gasteiger partial charge on any atom is -0.462 e. The van der Waals surface area contributed by atoms with Crippen LogP contribution in [0.25, 0.3) is 0 Å². The van der Waals surface area contributed by atoms with E-state index >= 15 is 0 Å². The summed E-state index contributed by atoms with van der Waals surface area (Å²) in [5, 5.41) is 19.6. The van der Waals surface area contributed by atoms with Gasteiger partial charge in [0.2, 0.25) is 0 Å². The van der Waals surface area contributed by atoms with Gasteiger partial charge in [-0.15, -0.1) is 0 Å². The van der Waals surface area contributed by atoms with Gasteiger partial charge in [-0.3, -0.25) is 9.59 Å². The van der Waals surface area contributed by atoms with Gasteiger partial charge in [0.25, 0.3) is 0 Å². The molecule has 0 aromatic rings. The Balaban J connectivity index is 3.81. The number of hydrogen-bond donors (Lipinski definition) is 2. The predicted octanol–water partition coefficient (Wildman–Crippen LogP) is 10.1. The molecule has 0 fully saturated rings.